The molecule has 3 heterocycles. The minimum atomic E-state index is -3.29. The van der Waals surface area contributed by atoms with Gasteiger partial charge in [-0.05, 0) is 85.8 Å². The summed E-state index contributed by atoms with van der Waals surface area (Å²) in [5.41, 5.74) is 6.91. The van der Waals surface area contributed by atoms with Gasteiger partial charge in [0.25, 0.3) is 0 Å². The van der Waals surface area contributed by atoms with Crippen LogP contribution in [0.15, 0.2) is 42.9 Å². The van der Waals surface area contributed by atoms with Gasteiger partial charge >= 0.3 is 0 Å². The summed E-state index contributed by atoms with van der Waals surface area (Å²) in [7, 11) is -1.58. The molecule has 3 N–H and O–H groups in total. The fourth-order valence-electron chi connectivity index (χ4n) is 7.50. The largest absolute Gasteiger partial charge is 0.326 e. The van der Waals surface area contributed by atoms with Crippen molar-refractivity contribution in [3.05, 3.63) is 76.9 Å². The molecule has 1 aromatic carbocycles. The molecule has 6 rings (SSSR count). The van der Waals surface area contributed by atoms with E-state index in [1.54, 1.807) is 47.5 Å². The molecule has 0 saturated heterocycles. The molecule has 12 heteroatoms. The molecule has 2 aliphatic carbocycles. The number of hydrogen-bond donors (Lipinski definition) is 2. The Morgan fingerprint density at radius 2 is 1.81 bits per heavy atom. The third-order valence-electron chi connectivity index (χ3n) is 9.45. The highest BCUT2D eigenvalue weighted by Gasteiger charge is 2.41. The smallest absolute Gasteiger partial charge is 0.227 e. The van der Waals surface area contributed by atoms with E-state index in [9.17, 15) is 8.42 Å². The van der Waals surface area contributed by atoms with Crippen molar-refractivity contribution < 1.29 is 21.6 Å². The second-order valence-electron chi connectivity index (χ2n) is 12.4. The minimum Gasteiger partial charge on any atom is -0.326 e. The van der Waals surface area contributed by atoms with Crippen LogP contribution in [-0.2, 0) is 15.5 Å². The number of fused-ring (bicyclic) bond motifs is 1. The zero-order valence-electron chi connectivity index (χ0n) is 24.5. The summed E-state index contributed by atoms with van der Waals surface area (Å²) in [4.78, 5) is 8.83. The van der Waals surface area contributed by atoms with Crippen LogP contribution < -0.4 is 16.1 Å². The molecule has 43 heavy (non-hydrogen) atoms. The monoisotopic (exact) mass is 614 g/mol. The summed E-state index contributed by atoms with van der Waals surface area (Å²) in [6.07, 6.45) is 12.8. The first-order valence-corrected chi connectivity index (χ1v) is 16.7. The van der Waals surface area contributed by atoms with Gasteiger partial charge in [0.2, 0.25) is 5.95 Å². The van der Waals surface area contributed by atoms with E-state index >= 15 is 13.2 Å². The summed E-state index contributed by atoms with van der Waals surface area (Å²) in [6.45, 7) is 1.92. The quantitative estimate of drug-likeness (QED) is 0.371. The molecule has 5 atom stereocenters. The van der Waals surface area contributed by atoms with Crippen molar-refractivity contribution in [3.8, 4) is 0 Å². The van der Waals surface area contributed by atoms with Crippen LogP contribution >= 0.6 is 0 Å². The van der Waals surface area contributed by atoms with Crippen molar-refractivity contribution >= 4 is 27.5 Å². The minimum absolute atomic E-state index is 0.00460. The number of alkyl halides is 1. The first kappa shape index (κ1) is 29.7. The summed E-state index contributed by atoms with van der Waals surface area (Å²) >= 11 is 0. The molecule has 8 nitrogen and oxygen atoms in total. The number of benzene rings is 1. The molecule has 230 valence electrons. The molecule has 3 aromatic rings. The normalized spacial score (nSPS) is 26.9. The van der Waals surface area contributed by atoms with Crippen molar-refractivity contribution in [2.24, 2.45) is 11.7 Å². The molecular weight excluding hydrogens is 577 g/mol. The third kappa shape index (κ3) is 5.32. The Balaban J connectivity index is 1.28. The van der Waals surface area contributed by atoms with E-state index in [2.05, 4.69) is 15.3 Å². The van der Waals surface area contributed by atoms with Gasteiger partial charge < -0.3 is 16.1 Å². The number of halogens is 3. The zero-order chi connectivity index (χ0) is 30.7. The van der Waals surface area contributed by atoms with E-state index in [0.29, 0.717) is 43.0 Å². The van der Waals surface area contributed by atoms with Gasteiger partial charge in [-0.25, -0.2) is 31.2 Å². The highest BCUT2D eigenvalue weighted by molar-refractivity contribution is 7.91. The average molecular weight is 615 g/mol. The number of likely N-dealkylation sites (N-methyl/N-ethyl adjacent to an activating group) is 1. The molecule has 1 unspecified atom stereocenters. The lowest BCUT2D eigenvalue weighted by molar-refractivity contribution is 0.173. The summed E-state index contributed by atoms with van der Waals surface area (Å²) < 4.78 is 72.8. The summed E-state index contributed by atoms with van der Waals surface area (Å²) in [5.74, 6) is -1.30. The number of nitrogens with one attached hydrogen (secondary N) is 1. The Kier molecular flexibility index (Phi) is 7.56. The number of pyridine rings is 1. The molecule has 2 saturated carbocycles. The van der Waals surface area contributed by atoms with Gasteiger partial charge in [-0.1, -0.05) is 13.0 Å². The fourth-order valence-corrected chi connectivity index (χ4v) is 9.21. The van der Waals surface area contributed by atoms with Crippen LogP contribution in [0.4, 0.5) is 24.8 Å². The van der Waals surface area contributed by atoms with E-state index in [1.807, 2.05) is 13.0 Å². The van der Waals surface area contributed by atoms with Gasteiger partial charge in [0.15, 0.2) is 9.84 Å². The molecule has 0 spiro atoms. The summed E-state index contributed by atoms with van der Waals surface area (Å²) in [5, 5.41) is 4.43. The number of rotatable bonds is 6. The molecule has 0 radical (unpaired) electrons. The van der Waals surface area contributed by atoms with Crippen molar-refractivity contribution in [3.63, 3.8) is 0 Å². The van der Waals surface area contributed by atoms with Crippen LogP contribution in [0.1, 0.15) is 79.8 Å². The van der Waals surface area contributed by atoms with Gasteiger partial charge in [0.05, 0.1) is 40.6 Å². The van der Waals surface area contributed by atoms with Crippen molar-refractivity contribution in [1.82, 2.24) is 14.6 Å². The summed E-state index contributed by atoms with van der Waals surface area (Å²) in [6, 6.07) is 2.86. The first-order valence-electron chi connectivity index (χ1n) is 14.7. The zero-order valence-corrected chi connectivity index (χ0v) is 25.3. The van der Waals surface area contributed by atoms with Crippen LogP contribution in [0.25, 0.3) is 6.08 Å². The lowest BCUT2D eigenvalue weighted by atomic mass is 9.76. The lowest BCUT2D eigenvalue weighted by Gasteiger charge is -2.38. The number of sulfone groups is 1. The van der Waals surface area contributed by atoms with Gasteiger partial charge in [-0.2, -0.15) is 0 Å². The Morgan fingerprint density at radius 3 is 2.47 bits per heavy atom. The Bertz CT molecular complexity index is 1630. The van der Waals surface area contributed by atoms with Crippen LogP contribution in [0.5, 0.6) is 0 Å². The Morgan fingerprint density at radius 1 is 1.12 bits per heavy atom. The molecule has 1 aliphatic heterocycles. The first-order chi connectivity index (χ1) is 20.4. The average Bonchev–Trinajstić information content (AvgIpc) is 3.56. The van der Waals surface area contributed by atoms with Crippen molar-refractivity contribution in [2.75, 3.05) is 23.6 Å². The van der Waals surface area contributed by atoms with Crippen molar-refractivity contribution in [2.45, 2.75) is 74.4 Å². The van der Waals surface area contributed by atoms with E-state index in [1.165, 1.54) is 6.26 Å². The van der Waals surface area contributed by atoms with Crippen molar-refractivity contribution in [1.29, 1.82) is 0 Å². The standard InChI is InChI=1S/C31H37F3N6O2S/c1-18-12-19(13-25(35)29(18)43(3,41)42)22-8-11-36-17-26(22)38-30-37-16-21-6-7-27(39(2)40(21)30)28-23(32)14-20(15-24(28)33)31(34)9-4-5-10-31/h6-8,11,14-19,25,27,29H,4-5,9-10,12-13,35H2,1-3H3,(H,37,38)/t18-,19+,25+,27?,29-/m0/s1. The maximum atomic E-state index is 15.5. The van der Waals surface area contributed by atoms with E-state index in [4.69, 9.17) is 5.73 Å². The number of nitrogens with two attached hydrogens (primary N) is 1. The third-order valence-corrected chi connectivity index (χ3v) is 11.3. The van der Waals surface area contributed by atoms with Crippen LogP contribution in [-0.4, -0.2) is 47.7 Å². The molecule has 2 aromatic heterocycles. The van der Waals surface area contributed by atoms with Crippen LogP contribution in [0.2, 0.25) is 0 Å². The van der Waals surface area contributed by atoms with Crippen LogP contribution in [0, 0.1) is 17.6 Å². The van der Waals surface area contributed by atoms with E-state index < -0.39 is 44.5 Å². The maximum Gasteiger partial charge on any atom is 0.227 e. The second kappa shape index (κ2) is 11.0. The second-order valence-corrected chi connectivity index (χ2v) is 14.6. The van der Waals surface area contributed by atoms with Gasteiger partial charge in [0.1, 0.15) is 17.3 Å². The number of aromatic nitrogens is 3. The molecule has 0 bridgehead atoms. The Hall–Kier alpha value is -3.38. The SMILES string of the molecule is C[C@H]1C[C@@H](c2ccncc2Nc2ncc3n2N(C)C(c2c(F)cc(C4(F)CCCC4)cc2F)C=C3)C[C@@H](N)[C@H]1S(C)(=O)=O. The van der Waals surface area contributed by atoms with Gasteiger partial charge in [-0.3, -0.25) is 4.98 Å². The fraction of sp³-hybridized carbons (Fsp3) is 0.484. The number of anilines is 2. The number of hydrogen-bond acceptors (Lipinski definition) is 7. The maximum absolute atomic E-state index is 15.5. The topological polar surface area (TPSA) is 106 Å². The highest BCUT2D eigenvalue weighted by Crippen LogP contribution is 2.45. The lowest BCUT2D eigenvalue weighted by Crippen LogP contribution is -2.48. The molecular formula is C31H37F3N6O2S. The molecule has 3 aliphatic rings. The van der Waals surface area contributed by atoms with Crippen LogP contribution in [0.3, 0.4) is 0 Å². The number of imidazole rings is 1. The van der Waals surface area contributed by atoms with E-state index in [-0.39, 0.29) is 35.8 Å². The predicted molar refractivity (Wildman–Crippen MR) is 161 cm³/mol. The number of nitrogens with zero attached hydrogens (tertiary/aromatic N) is 4. The molecule has 2 fully saturated rings. The highest BCUT2D eigenvalue weighted by atomic mass is 32.2. The Labute approximate surface area is 250 Å². The molecule has 0 amide bonds. The predicted octanol–water partition coefficient (Wildman–Crippen LogP) is 5.63. The van der Waals surface area contributed by atoms with Gasteiger partial charge in [0, 0.05) is 25.5 Å². The van der Waals surface area contributed by atoms with E-state index in [0.717, 1.165) is 17.7 Å². The van der Waals surface area contributed by atoms with Gasteiger partial charge in [-0.15, -0.1) is 0 Å².